The minimum absolute atomic E-state index is 0.148. The highest BCUT2D eigenvalue weighted by Gasteiger charge is 2.13. The maximum atomic E-state index is 9.67. The summed E-state index contributed by atoms with van der Waals surface area (Å²) >= 11 is 0. The summed E-state index contributed by atoms with van der Waals surface area (Å²) in [4.78, 5) is 0. The highest BCUT2D eigenvalue weighted by atomic mass is 16.5. The molecular formula is C12H13NO2. The van der Waals surface area contributed by atoms with E-state index >= 15 is 0 Å². The summed E-state index contributed by atoms with van der Waals surface area (Å²) in [6.45, 7) is 1.40. The molecule has 0 aliphatic carbocycles. The van der Waals surface area contributed by atoms with E-state index in [1.54, 1.807) is 0 Å². The Morgan fingerprint density at radius 3 is 3.13 bits per heavy atom. The molecule has 1 N–H and O–H groups in total. The zero-order valence-corrected chi connectivity index (χ0v) is 8.44. The van der Waals surface area contributed by atoms with Gasteiger partial charge >= 0.3 is 0 Å². The monoisotopic (exact) mass is 203 g/mol. The first-order chi connectivity index (χ1) is 7.31. The molecule has 1 aromatic carbocycles. The number of ether oxygens (including phenoxy) is 1. The summed E-state index contributed by atoms with van der Waals surface area (Å²) in [6, 6.07) is 7.80. The normalized spacial score (nSPS) is 16.5. The quantitative estimate of drug-likeness (QED) is 0.796. The van der Waals surface area contributed by atoms with Gasteiger partial charge in [-0.1, -0.05) is 18.2 Å². The lowest BCUT2D eigenvalue weighted by atomic mass is 9.97. The van der Waals surface area contributed by atoms with Gasteiger partial charge in [0.15, 0.2) is 0 Å². The third-order valence-electron chi connectivity index (χ3n) is 2.67. The lowest BCUT2D eigenvalue weighted by Gasteiger charge is -2.18. The molecule has 0 fully saturated rings. The Morgan fingerprint density at radius 2 is 2.33 bits per heavy atom. The van der Waals surface area contributed by atoms with Crippen molar-refractivity contribution in [2.75, 3.05) is 6.61 Å². The van der Waals surface area contributed by atoms with Gasteiger partial charge in [0.1, 0.15) is 0 Å². The van der Waals surface area contributed by atoms with Crippen molar-refractivity contribution in [3.05, 3.63) is 34.9 Å². The van der Waals surface area contributed by atoms with Crippen LogP contribution in [0, 0.1) is 11.3 Å². The summed E-state index contributed by atoms with van der Waals surface area (Å²) in [7, 11) is 0. The van der Waals surface area contributed by atoms with Crippen LogP contribution in [0.5, 0.6) is 0 Å². The Labute approximate surface area is 88.9 Å². The minimum atomic E-state index is -0.664. The standard InChI is InChI=1S/C12H13NO2/c13-5-3-12(14)10-1-2-11-8-15-6-4-9(11)7-10/h1-2,7,12,14H,3-4,6,8H2. The summed E-state index contributed by atoms with van der Waals surface area (Å²) in [5.74, 6) is 0. The Bertz CT molecular complexity index is 395. The molecule has 0 spiro atoms. The Hall–Kier alpha value is -1.37. The van der Waals surface area contributed by atoms with Gasteiger partial charge in [0.2, 0.25) is 0 Å². The van der Waals surface area contributed by atoms with Crippen molar-refractivity contribution >= 4 is 0 Å². The second kappa shape index (κ2) is 4.43. The van der Waals surface area contributed by atoms with Crippen LogP contribution in [0.2, 0.25) is 0 Å². The zero-order valence-electron chi connectivity index (χ0n) is 8.44. The molecule has 1 atom stereocenters. The molecular weight excluding hydrogens is 190 g/mol. The molecule has 78 valence electrons. The maximum absolute atomic E-state index is 9.67. The summed E-state index contributed by atoms with van der Waals surface area (Å²) in [6.07, 6.45) is 0.376. The van der Waals surface area contributed by atoms with Crippen molar-refractivity contribution < 1.29 is 9.84 Å². The number of benzene rings is 1. The topological polar surface area (TPSA) is 53.2 Å². The van der Waals surface area contributed by atoms with Crippen molar-refractivity contribution in [1.29, 1.82) is 5.26 Å². The van der Waals surface area contributed by atoms with Gasteiger partial charge in [-0.25, -0.2) is 0 Å². The Kier molecular flexibility index (Phi) is 3.00. The van der Waals surface area contributed by atoms with E-state index in [-0.39, 0.29) is 6.42 Å². The maximum Gasteiger partial charge on any atom is 0.0920 e. The molecule has 1 aliphatic heterocycles. The van der Waals surface area contributed by atoms with Crippen molar-refractivity contribution in [1.82, 2.24) is 0 Å². The number of nitrogens with zero attached hydrogens (tertiary/aromatic N) is 1. The Balaban J connectivity index is 2.24. The second-order valence-corrected chi connectivity index (χ2v) is 3.71. The van der Waals surface area contributed by atoms with Crippen molar-refractivity contribution in [2.24, 2.45) is 0 Å². The zero-order chi connectivity index (χ0) is 10.7. The summed E-state index contributed by atoms with van der Waals surface area (Å²) in [5.41, 5.74) is 3.25. The van der Waals surface area contributed by atoms with Crippen LogP contribution in [0.3, 0.4) is 0 Å². The smallest absolute Gasteiger partial charge is 0.0920 e. The second-order valence-electron chi connectivity index (χ2n) is 3.71. The number of rotatable bonds is 2. The molecule has 2 rings (SSSR count). The SMILES string of the molecule is N#CCC(O)c1ccc2c(c1)CCOC2. The van der Waals surface area contributed by atoms with E-state index in [2.05, 4.69) is 0 Å². The number of hydrogen-bond donors (Lipinski definition) is 1. The number of hydrogen-bond acceptors (Lipinski definition) is 3. The van der Waals surface area contributed by atoms with Crippen molar-refractivity contribution in [3.63, 3.8) is 0 Å². The number of aliphatic hydroxyl groups excluding tert-OH is 1. The van der Waals surface area contributed by atoms with E-state index in [0.29, 0.717) is 6.61 Å². The summed E-state index contributed by atoms with van der Waals surface area (Å²) < 4.78 is 5.33. The molecule has 3 heteroatoms. The first-order valence-electron chi connectivity index (χ1n) is 5.05. The van der Waals surface area contributed by atoms with E-state index in [1.807, 2.05) is 24.3 Å². The van der Waals surface area contributed by atoms with E-state index in [4.69, 9.17) is 10.00 Å². The van der Waals surface area contributed by atoms with Gasteiger partial charge in [-0.15, -0.1) is 0 Å². The third kappa shape index (κ3) is 2.17. The van der Waals surface area contributed by atoms with Crippen LogP contribution in [-0.4, -0.2) is 11.7 Å². The highest BCUT2D eigenvalue weighted by Crippen LogP contribution is 2.23. The van der Waals surface area contributed by atoms with Gasteiger partial charge in [0.25, 0.3) is 0 Å². The molecule has 0 saturated carbocycles. The molecule has 0 radical (unpaired) electrons. The molecule has 1 aliphatic rings. The fraction of sp³-hybridized carbons (Fsp3) is 0.417. The molecule has 15 heavy (non-hydrogen) atoms. The first kappa shape index (κ1) is 10.2. The van der Waals surface area contributed by atoms with Crippen LogP contribution in [0.4, 0.5) is 0 Å². The fourth-order valence-electron chi connectivity index (χ4n) is 1.80. The molecule has 1 heterocycles. The number of fused-ring (bicyclic) bond motifs is 1. The average Bonchev–Trinajstić information content (AvgIpc) is 2.29. The van der Waals surface area contributed by atoms with Crippen LogP contribution in [-0.2, 0) is 17.8 Å². The van der Waals surface area contributed by atoms with Crippen LogP contribution in [0.25, 0.3) is 0 Å². The van der Waals surface area contributed by atoms with Gasteiger partial charge in [-0.05, 0) is 23.1 Å². The lowest BCUT2D eigenvalue weighted by Crippen LogP contribution is -2.10. The van der Waals surface area contributed by atoms with Crippen LogP contribution < -0.4 is 0 Å². The van der Waals surface area contributed by atoms with Crippen LogP contribution in [0.1, 0.15) is 29.2 Å². The van der Waals surface area contributed by atoms with Crippen molar-refractivity contribution in [3.8, 4) is 6.07 Å². The van der Waals surface area contributed by atoms with Gasteiger partial charge < -0.3 is 9.84 Å². The molecule has 1 unspecified atom stereocenters. The molecule has 0 amide bonds. The van der Waals surface area contributed by atoms with Gasteiger partial charge in [-0.2, -0.15) is 5.26 Å². The number of nitriles is 1. The van der Waals surface area contributed by atoms with E-state index in [1.165, 1.54) is 11.1 Å². The predicted molar refractivity (Wildman–Crippen MR) is 55.0 cm³/mol. The number of aliphatic hydroxyl groups is 1. The Morgan fingerprint density at radius 1 is 1.47 bits per heavy atom. The first-order valence-corrected chi connectivity index (χ1v) is 5.05. The highest BCUT2D eigenvalue weighted by molar-refractivity contribution is 5.34. The fourth-order valence-corrected chi connectivity index (χ4v) is 1.80. The van der Waals surface area contributed by atoms with Gasteiger partial charge in [-0.3, -0.25) is 0 Å². The molecule has 0 saturated heterocycles. The average molecular weight is 203 g/mol. The van der Waals surface area contributed by atoms with Crippen LogP contribution in [0.15, 0.2) is 18.2 Å². The largest absolute Gasteiger partial charge is 0.387 e. The lowest BCUT2D eigenvalue weighted by molar-refractivity contribution is 0.110. The minimum Gasteiger partial charge on any atom is -0.387 e. The molecule has 3 nitrogen and oxygen atoms in total. The van der Waals surface area contributed by atoms with E-state index in [9.17, 15) is 5.11 Å². The van der Waals surface area contributed by atoms with E-state index in [0.717, 1.165) is 18.6 Å². The summed E-state index contributed by atoms with van der Waals surface area (Å²) in [5, 5.41) is 18.2. The van der Waals surface area contributed by atoms with Gasteiger partial charge in [0, 0.05) is 0 Å². The van der Waals surface area contributed by atoms with Crippen LogP contribution >= 0.6 is 0 Å². The predicted octanol–water partition coefficient (Wildman–Crippen LogP) is 1.71. The third-order valence-corrected chi connectivity index (χ3v) is 2.67. The molecule has 0 bridgehead atoms. The van der Waals surface area contributed by atoms with Gasteiger partial charge in [0.05, 0.1) is 31.8 Å². The molecule has 0 aromatic heterocycles. The van der Waals surface area contributed by atoms with E-state index < -0.39 is 6.10 Å². The van der Waals surface area contributed by atoms with Crippen molar-refractivity contribution in [2.45, 2.75) is 25.6 Å². The molecule has 1 aromatic rings.